The van der Waals surface area contributed by atoms with E-state index in [0.717, 1.165) is 6.42 Å². The van der Waals surface area contributed by atoms with Gasteiger partial charge in [-0.3, -0.25) is 0 Å². The van der Waals surface area contributed by atoms with Crippen molar-refractivity contribution in [3.8, 4) is 0 Å². The van der Waals surface area contributed by atoms with E-state index in [0.29, 0.717) is 0 Å². The SMILES string of the molecule is C=CCc1c(C)c2c(C)c(C)c(C)c(C)c2c2c(C)c(C)c(C)c(C)c12. The molecule has 0 bridgehead atoms. The van der Waals surface area contributed by atoms with Gasteiger partial charge in [0.05, 0.1) is 0 Å². The van der Waals surface area contributed by atoms with Crippen LogP contribution in [0, 0.1) is 62.3 Å². The molecule has 3 rings (SSSR count). The van der Waals surface area contributed by atoms with E-state index >= 15 is 0 Å². The summed E-state index contributed by atoms with van der Waals surface area (Å²) in [4.78, 5) is 0. The summed E-state index contributed by atoms with van der Waals surface area (Å²) in [7, 11) is 0. The van der Waals surface area contributed by atoms with Crippen LogP contribution in [0.2, 0.25) is 0 Å². The van der Waals surface area contributed by atoms with Gasteiger partial charge in [-0.2, -0.15) is 0 Å². The zero-order valence-electron chi connectivity index (χ0n) is 18.0. The number of hydrogen-bond donors (Lipinski definition) is 0. The molecule has 136 valence electrons. The van der Waals surface area contributed by atoms with Crippen LogP contribution in [0.25, 0.3) is 21.5 Å². The molecule has 0 radical (unpaired) electrons. The van der Waals surface area contributed by atoms with Crippen molar-refractivity contribution >= 4 is 21.5 Å². The van der Waals surface area contributed by atoms with Gasteiger partial charge in [-0.1, -0.05) is 6.08 Å². The van der Waals surface area contributed by atoms with Gasteiger partial charge in [0.1, 0.15) is 0 Å². The molecule has 0 aromatic heterocycles. The van der Waals surface area contributed by atoms with Crippen LogP contribution >= 0.6 is 0 Å². The first-order chi connectivity index (χ1) is 12.1. The summed E-state index contributed by atoms with van der Waals surface area (Å²) < 4.78 is 0. The van der Waals surface area contributed by atoms with Gasteiger partial charge in [-0.25, -0.2) is 0 Å². The lowest BCUT2D eigenvalue weighted by Gasteiger charge is -2.25. The van der Waals surface area contributed by atoms with Crippen LogP contribution in [0.1, 0.15) is 55.6 Å². The molecule has 0 heterocycles. The topological polar surface area (TPSA) is 0 Å². The molecule has 0 atom stereocenters. The standard InChI is InChI=1S/C26H32/c1-11-12-22-21(10)23-17(6)13(2)15(4)19(8)25(23)26-20(9)16(5)14(3)18(7)24(22)26/h11H,1,12H2,2-10H3. The summed E-state index contributed by atoms with van der Waals surface area (Å²) in [6.45, 7) is 24.7. The fourth-order valence-electron chi connectivity index (χ4n) is 4.83. The molecule has 0 fully saturated rings. The highest BCUT2D eigenvalue weighted by Crippen LogP contribution is 2.43. The van der Waals surface area contributed by atoms with E-state index in [2.05, 4.69) is 75.0 Å². The van der Waals surface area contributed by atoms with E-state index in [1.807, 2.05) is 0 Å². The molecule has 3 aromatic rings. The van der Waals surface area contributed by atoms with E-state index < -0.39 is 0 Å². The van der Waals surface area contributed by atoms with Gasteiger partial charge >= 0.3 is 0 Å². The number of aryl methyl sites for hydroxylation is 5. The largest absolute Gasteiger partial charge is 0.103 e. The third-order valence-electron chi connectivity index (χ3n) is 7.10. The number of benzene rings is 3. The van der Waals surface area contributed by atoms with Gasteiger partial charge in [0.2, 0.25) is 0 Å². The lowest BCUT2D eigenvalue weighted by molar-refractivity contribution is 1.20. The van der Waals surface area contributed by atoms with Crippen LogP contribution in [0.3, 0.4) is 0 Å². The third kappa shape index (κ3) is 2.28. The normalized spacial score (nSPS) is 11.6. The molecule has 26 heavy (non-hydrogen) atoms. The maximum absolute atomic E-state index is 4.05. The summed E-state index contributed by atoms with van der Waals surface area (Å²) in [5.41, 5.74) is 14.3. The molecule has 0 spiro atoms. The Balaban J connectivity index is 2.86. The second-order valence-corrected chi connectivity index (χ2v) is 8.10. The molecule has 0 saturated heterocycles. The quantitative estimate of drug-likeness (QED) is 0.333. The van der Waals surface area contributed by atoms with Gasteiger partial charge in [0.15, 0.2) is 0 Å². The van der Waals surface area contributed by atoms with Gasteiger partial charge in [-0.05, 0) is 146 Å². The average molecular weight is 345 g/mol. The highest BCUT2D eigenvalue weighted by Gasteiger charge is 2.21. The second kappa shape index (κ2) is 6.27. The van der Waals surface area contributed by atoms with Crippen molar-refractivity contribution < 1.29 is 0 Å². The highest BCUT2D eigenvalue weighted by molar-refractivity contribution is 6.16. The Labute approximate surface area is 158 Å². The van der Waals surface area contributed by atoms with Gasteiger partial charge in [-0.15, -0.1) is 6.58 Å². The highest BCUT2D eigenvalue weighted by atomic mass is 14.3. The predicted octanol–water partition coefficient (Wildman–Crippen LogP) is 7.50. The lowest BCUT2D eigenvalue weighted by atomic mass is 9.79. The smallest absolute Gasteiger partial charge is 0.00647 e. The predicted molar refractivity (Wildman–Crippen MR) is 118 cm³/mol. The number of hydrogen-bond acceptors (Lipinski definition) is 0. The molecule has 0 heteroatoms. The molecule has 0 nitrogen and oxygen atoms in total. The summed E-state index contributed by atoms with van der Waals surface area (Å²) in [5, 5.41) is 5.85. The van der Waals surface area contributed by atoms with Crippen molar-refractivity contribution in [2.24, 2.45) is 0 Å². The van der Waals surface area contributed by atoms with Gasteiger partial charge in [0, 0.05) is 0 Å². The van der Waals surface area contributed by atoms with Crippen molar-refractivity contribution in [1.82, 2.24) is 0 Å². The molecule has 0 N–H and O–H groups in total. The Bertz CT molecular complexity index is 1090. The van der Waals surface area contributed by atoms with Crippen molar-refractivity contribution in [2.45, 2.75) is 68.7 Å². The van der Waals surface area contributed by atoms with E-state index in [1.165, 1.54) is 77.2 Å². The van der Waals surface area contributed by atoms with Gasteiger partial charge < -0.3 is 0 Å². The summed E-state index contributed by atoms with van der Waals surface area (Å²) in [6, 6.07) is 0. The van der Waals surface area contributed by atoms with E-state index in [4.69, 9.17) is 0 Å². The Kier molecular flexibility index (Phi) is 4.51. The Morgan fingerprint density at radius 1 is 0.462 bits per heavy atom. The number of allylic oxidation sites excluding steroid dienone is 1. The van der Waals surface area contributed by atoms with Crippen LogP contribution in [0.5, 0.6) is 0 Å². The fraction of sp³-hybridized carbons (Fsp3) is 0.385. The first-order valence-electron chi connectivity index (χ1n) is 9.67. The van der Waals surface area contributed by atoms with Crippen LogP contribution in [-0.4, -0.2) is 0 Å². The minimum atomic E-state index is 0.923. The minimum Gasteiger partial charge on any atom is -0.103 e. The Morgan fingerprint density at radius 3 is 1.23 bits per heavy atom. The van der Waals surface area contributed by atoms with E-state index in [-0.39, 0.29) is 0 Å². The molecule has 0 amide bonds. The minimum absolute atomic E-state index is 0.923. The molecular formula is C26H32. The average Bonchev–Trinajstić information content (AvgIpc) is 2.62. The molecule has 0 aliphatic carbocycles. The number of rotatable bonds is 2. The lowest BCUT2D eigenvalue weighted by Crippen LogP contribution is -2.04. The molecular weight excluding hydrogens is 312 g/mol. The van der Waals surface area contributed by atoms with Crippen molar-refractivity contribution in [3.05, 3.63) is 68.3 Å². The summed E-state index contributed by atoms with van der Waals surface area (Å²) in [5.74, 6) is 0. The van der Waals surface area contributed by atoms with Crippen molar-refractivity contribution in [1.29, 1.82) is 0 Å². The molecule has 0 saturated carbocycles. The van der Waals surface area contributed by atoms with Crippen LogP contribution in [0.4, 0.5) is 0 Å². The molecule has 3 aromatic carbocycles. The fourth-order valence-corrected chi connectivity index (χ4v) is 4.83. The molecule has 0 aliphatic heterocycles. The van der Waals surface area contributed by atoms with Crippen molar-refractivity contribution in [2.75, 3.05) is 0 Å². The maximum Gasteiger partial charge on any atom is -0.00647 e. The first-order valence-corrected chi connectivity index (χ1v) is 9.67. The van der Waals surface area contributed by atoms with Gasteiger partial charge in [0.25, 0.3) is 0 Å². The molecule has 0 aliphatic rings. The zero-order chi connectivity index (χ0) is 19.5. The maximum atomic E-state index is 4.05. The Morgan fingerprint density at radius 2 is 0.808 bits per heavy atom. The summed E-state index contributed by atoms with van der Waals surface area (Å²) in [6.07, 6.45) is 2.98. The first kappa shape index (κ1) is 18.7. The third-order valence-corrected chi connectivity index (χ3v) is 7.10. The monoisotopic (exact) mass is 344 g/mol. The van der Waals surface area contributed by atoms with Crippen molar-refractivity contribution in [3.63, 3.8) is 0 Å². The summed E-state index contributed by atoms with van der Waals surface area (Å²) >= 11 is 0. The van der Waals surface area contributed by atoms with Crippen LogP contribution in [0.15, 0.2) is 12.7 Å². The van der Waals surface area contributed by atoms with Crippen LogP contribution < -0.4 is 0 Å². The molecule has 0 unspecified atom stereocenters. The van der Waals surface area contributed by atoms with E-state index in [1.54, 1.807) is 0 Å². The second-order valence-electron chi connectivity index (χ2n) is 8.10. The zero-order valence-corrected chi connectivity index (χ0v) is 18.0. The Hall–Kier alpha value is -2.08. The number of fused-ring (bicyclic) bond motifs is 3. The van der Waals surface area contributed by atoms with E-state index in [9.17, 15) is 0 Å². The van der Waals surface area contributed by atoms with Crippen LogP contribution in [-0.2, 0) is 6.42 Å².